The summed E-state index contributed by atoms with van der Waals surface area (Å²) < 4.78 is 0. The van der Waals surface area contributed by atoms with Crippen LogP contribution in [0.3, 0.4) is 0 Å². The van der Waals surface area contributed by atoms with E-state index in [0.29, 0.717) is 0 Å². The Morgan fingerprint density at radius 3 is 2.38 bits per heavy atom. The second kappa shape index (κ2) is 7.25. The minimum atomic E-state index is -0.879. The summed E-state index contributed by atoms with van der Waals surface area (Å²) in [6.07, 6.45) is 7.54. The molecular formula is C16H28N2O3. The van der Waals surface area contributed by atoms with Crippen molar-refractivity contribution in [2.24, 2.45) is 11.3 Å². The maximum Gasteiger partial charge on any atom is 0.326 e. The van der Waals surface area contributed by atoms with Crippen LogP contribution in [0.15, 0.2) is 0 Å². The van der Waals surface area contributed by atoms with Gasteiger partial charge in [-0.25, -0.2) is 4.79 Å². The zero-order chi connectivity index (χ0) is 15.3. The van der Waals surface area contributed by atoms with E-state index in [-0.39, 0.29) is 17.2 Å². The predicted molar refractivity (Wildman–Crippen MR) is 81.0 cm³/mol. The zero-order valence-corrected chi connectivity index (χ0v) is 13.0. The number of amides is 1. The largest absolute Gasteiger partial charge is 0.480 e. The molecule has 3 N–H and O–H groups in total. The Hall–Kier alpha value is -1.10. The third-order valence-corrected chi connectivity index (χ3v) is 5.39. The van der Waals surface area contributed by atoms with Crippen molar-refractivity contribution in [2.45, 2.75) is 64.3 Å². The first-order chi connectivity index (χ1) is 10.1. The van der Waals surface area contributed by atoms with Crippen LogP contribution in [0, 0.1) is 11.3 Å². The lowest BCUT2D eigenvalue weighted by atomic mass is 9.75. The van der Waals surface area contributed by atoms with Crippen LogP contribution >= 0.6 is 0 Å². The first kappa shape index (κ1) is 16.3. The van der Waals surface area contributed by atoms with E-state index in [9.17, 15) is 14.7 Å². The standard InChI is InChI=1S/C16H28N2O3/c1-2-16(8-10-17-11-9-16)15(21)18-13(14(19)20)12-6-4-3-5-7-12/h12-13,17H,2-11H2,1H3,(H,18,21)(H,19,20). The summed E-state index contributed by atoms with van der Waals surface area (Å²) in [6, 6.07) is -0.712. The zero-order valence-electron chi connectivity index (χ0n) is 13.0. The van der Waals surface area contributed by atoms with Crippen LogP contribution in [0.25, 0.3) is 0 Å². The molecule has 1 heterocycles. The van der Waals surface area contributed by atoms with Crippen molar-refractivity contribution in [3.8, 4) is 0 Å². The van der Waals surface area contributed by atoms with Gasteiger partial charge in [-0.15, -0.1) is 0 Å². The summed E-state index contributed by atoms with van der Waals surface area (Å²) in [4.78, 5) is 24.3. The van der Waals surface area contributed by atoms with Gasteiger partial charge in [-0.05, 0) is 51.1 Å². The van der Waals surface area contributed by atoms with Gasteiger partial charge in [0, 0.05) is 0 Å². The highest BCUT2D eigenvalue weighted by Crippen LogP contribution is 2.34. The molecule has 1 aliphatic carbocycles. The SMILES string of the molecule is CCC1(C(=O)NC(C(=O)O)C2CCCCC2)CCNCC1. The fourth-order valence-electron chi connectivity index (χ4n) is 3.79. The normalized spacial score (nSPS) is 24.2. The number of carbonyl (C=O) groups excluding carboxylic acids is 1. The molecule has 0 aromatic heterocycles. The molecule has 2 fully saturated rings. The first-order valence-electron chi connectivity index (χ1n) is 8.33. The Morgan fingerprint density at radius 1 is 1.24 bits per heavy atom. The lowest BCUT2D eigenvalue weighted by Crippen LogP contribution is -2.54. The number of carbonyl (C=O) groups is 2. The fraction of sp³-hybridized carbons (Fsp3) is 0.875. The number of aliphatic carboxylic acids is 1. The van der Waals surface area contributed by atoms with E-state index < -0.39 is 12.0 Å². The summed E-state index contributed by atoms with van der Waals surface area (Å²) in [6.45, 7) is 3.70. The van der Waals surface area contributed by atoms with E-state index >= 15 is 0 Å². The van der Waals surface area contributed by atoms with Gasteiger partial charge in [-0.1, -0.05) is 26.2 Å². The molecule has 2 aliphatic rings. The summed E-state index contributed by atoms with van der Waals surface area (Å²) in [5, 5.41) is 15.7. The van der Waals surface area contributed by atoms with E-state index in [1.807, 2.05) is 6.92 Å². The van der Waals surface area contributed by atoms with Crippen molar-refractivity contribution in [3.63, 3.8) is 0 Å². The van der Waals surface area contributed by atoms with E-state index in [2.05, 4.69) is 10.6 Å². The van der Waals surface area contributed by atoms with Gasteiger partial charge in [-0.3, -0.25) is 4.79 Å². The molecule has 2 rings (SSSR count). The summed E-state index contributed by atoms with van der Waals surface area (Å²) >= 11 is 0. The van der Waals surface area contributed by atoms with Crippen LogP contribution in [0.4, 0.5) is 0 Å². The Labute approximate surface area is 126 Å². The minimum absolute atomic E-state index is 0.0514. The van der Waals surface area contributed by atoms with Crippen molar-refractivity contribution in [2.75, 3.05) is 13.1 Å². The molecule has 0 radical (unpaired) electrons. The Balaban J connectivity index is 2.04. The number of hydrogen-bond donors (Lipinski definition) is 3. The van der Waals surface area contributed by atoms with Crippen molar-refractivity contribution >= 4 is 11.9 Å². The molecule has 21 heavy (non-hydrogen) atoms. The van der Waals surface area contributed by atoms with Crippen molar-refractivity contribution < 1.29 is 14.7 Å². The summed E-state index contributed by atoms with van der Waals surface area (Å²) in [5.74, 6) is -0.837. The molecule has 1 saturated carbocycles. The molecule has 1 amide bonds. The second-order valence-corrected chi connectivity index (χ2v) is 6.57. The predicted octanol–water partition coefficient (Wildman–Crippen LogP) is 1.92. The maximum absolute atomic E-state index is 12.7. The molecule has 0 aromatic rings. The Bertz CT molecular complexity index is 372. The van der Waals surface area contributed by atoms with Crippen LogP contribution < -0.4 is 10.6 Å². The third-order valence-electron chi connectivity index (χ3n) is 5.39. The first-order valence-corrected chi connectivity index (χ1v) is 8.33. The molecule has 1 aliphatic heterocycles. The highest BCUT2D eigenvalue weighted by atomic mass is 16.4. The van der Waals surface area contributed by atoms with Crippen LogP contribution in [0.2, 0.25) is 0 Å². The summed E-state index contributed by atoms with van der Waals surface area (Å²) in [5.41, 5.74) is -0.381. The molecule has 120 valence electrons. The van der Waals surface area contributed by atoms with Gasteiger partial charge in [0.1, 0.15) is 6.04 Å². The highest BCUT2D eigenvalue weighted by Gasteiger charge is 2.41. The molecule has 0 bridgehead atoms. The molecule has 5 heteroatoms. The Kier molecular flexibility index (Phi) is 5.62. The third kappa shape index (κ3) is 3.76. The van der Waals surface area contributed by atoms with Crippen LogP contribution in [-0.4, -0.2) is 36.1 Å². The number of hydrogen-bond acceptors (Lipinski definition) is 3. The van der Waals surface area contributed by atoms with Gasteiger partial charge >= 0.3 is 5.97 Å². The molecular weight excluding hydrogens is 268 g/mol. The van der Waals surface area contributed by atoms with Crippen LogP contribution in [0.5, 0.6) is 0 Å². The van der Waals surface area contributed by atoms with Crippen LogP contribution in [0.1, 0.15) is 58.3 Å². The lowest BCUT2D eigenvalue weighted by Gasteiger charge is -2.37. The monoisotopic (exact) mass is 296 g/mol. The lowest BCUT2D eigenvalue weighted by molar-refractivity contribution is -0.146. The van der Waals surface area contributed by atoms with Gasteiger partial charge in [-0.2, -0.15) is 0 Å². The van der Waals surface area contributed by atoms with Gasteiger partial charge in [0.15, 0.2) is 0 Å². The number of carboxylic acids is 1. The van der Waals surface area contributed by atoms with Gasteiger partial charge in [0.2, 0.25) is 5.91 Å². The minimum Gasteiger partial charge on any atom is -0.480 e. The second-order valence-electron chi connectivity index (χ2n) is 6.57. The average Bonchev–Trinajstić information content (AvgIpc) is 2.53. The smallest absolute Gasteiger partial charge is 0.326 e. The van der Waals surface area contributed by atoms with Crippen molar-refractivity contribution in [1.29, 1.82) is 0 Å². The topological polar surface area (TPSA) is 78.4 Å². The number of rotatable bonds is 5. The number of nitrogens with one attached hydrogen (secondary N) is 2. The van der Waals surface area contributed by atoms with Gasteiger partial charge in [0.05, 0.1) is 5.41 Å². The average molecular weight is 296 g/mol. The Morgan fingerprint density at radius 2 is 1.86 bits per heavy atom. The molecule has 1 unspecified atom stereocenters. The molecule has 5 nitrogen and oxygen atoms in total. The number of piperidine rings is 1. The van der Waals surface area contributed by atoms with Crippen molar-refractivity contribution in [1.82, 2.24) is 10.6 Å². The van der Waals surface area contributed by atoms with E-state index in [1.54, 1.807) is 0 Å². The van der Waals surface area contributed by atoms with E-state index in [4.69, 9.17) is 0 Å². The molecule has 1 atom stereocenters. The maximum atomic E-state index is 12.7. The molecule has 1 saturated heterocycles. The quantitative estimate of drug-likeness (QED) is 0.724. The number of carboxylic acid groups (broad SMARTS) is 1. The van der Waals surface area contributed by atoms with Gasteiger partial charge < -0.3 is 15.7 Å². The van der Waals surface area contributed by atoms with Gasteiger partial charge in [0.25, 0.3) is 0 Å². The highest BCUT2D eigenvalue weighted by molar-refractivity contribution is 5.87. The summed E-state index contributed by atoms with van der Waals surface area (Å²) in [7, 11) is 0. The molecule has 0 aromatic carbocycles. The fourth-order valence-corrected chi connectivity index (χ4v) is 3.79. The van der Waals surface area contributed by atoms with E-state index in [0.717, 1.165) is 58.0 Å². The van der Waals surface area contributed by atoms with E-state index in [1.165, 1.54) is 6.42 Å². The molecule has 0 spiro atoms. The van der Waals surface area contributed by atoms with Crippen molar-refractivity contribution in [3.05, 3.63) is 0 Å². The van der Waals surface area contributed by atoms with Crippen LogP contribution in [-0.2, 0) is 9.59 Å².